The number of esters is 2. The molecule has 1 aliphatic rings. The highest BCUT2D eigenvalue weighted by Crippen LogP contribution is 2.31. The molecule has 0 amide bonds. The first-order chi connectivity index (χ1) is 13.9. The van der Waals surface area contributed by atoms with Gasteiger partial charge in [0.2, 0.25) is 0 Å². The van der Waals surface area contributed by atoms with E-state index in [4.69, 9.17) is 18.9 Å². The van der Waals surface area contributed by atoms with Crippen molar-refractivity contribution < 1.29 is 38.7 Å². The second-order valence-electron chi connectivity index (χ2n) is 6.59. The van der Waals surface area contributed by atoms with E-state index in [1.165, 1.54) is 50.6 Å². The Morgan fingerprint density at radius 2 is 1.21 bits per heavy atom. The lowest BCUT2D eigenvalue weighted by Crippen LogP contribution is -2.30. The van der Waals surface area contributed by atoms with Crippen LogP contribution in [-0.2, 0) is 9.47 Å². The first-order valence-corrected chi connectivity index (χ1v) is 9.09. The molecule has 29 heavy (non-hydrogen) atoms. The Balaban J connectivity index is 1.67. The quantitative estimate of drug-likeness (QED) is 0.709. The summed E-state index contributed by atoms with van der Waals surface area (Å²) in [7, 11) is 2.77. The lowest BCUT2D eigenvalue weighted by molar-refractivity contribution is -0.0239. The highest BCUT2D eigenvalue weighted by atomic mass is 16.6. The van der Waals surface area contributed by atoms with Crippen molar-refractivity contribution in [1.82, 2.24) is 0 Å². The van der Waals surface area contributed by atoms with Gasteiger partial charge >= 0.3 is 11.9 Å². The van der Waals surface area contributed by atoms with Crippen molar-refractivity contribution in [3.63, 3.8) is 0 Å². The Hall–Kier alpha value is -3.42. The molecule has 0 unspecified atom stereocenters. The number of benzene rings is 2. The maximum absolute atomic E-state index is 12.5. The molecule has 2 atom stereocenters. The van der Waals surface area contributed by atoms with Crippen molar-refractivity contribution in [3.8, 4) is 23.0 Å². The van der Waals surface area contributed by atoms with Crippen LogP contribution < -0.4 is 9.47 Å². The molecule has 2 aromatic rings. The van der Waals surface area contributed by atoms with Crippen LogP contribution in [0.4, 0.5) is 0 Å². The second-order valence-corrected chi connectivity index (χ2v) is 6.59. The Bertz CT molecular complexity index is 834. The van der Waals surface area contributed by atoms with Gasteiger partial charge in [-0.05, 0) is 55.7 Å². The second kappa shape index (κ2) is 8.72. The smallest absolute Gasteiger partial charge is 0.338 e. The summed E-state index contributed by atoms with van der Waals surface area (Å²) in [6.07, 6.45) is 0.721. The van der Waals surface area contributed by atoms with Gasteiger partial charge < -0.3 is 29.2 Å². The number of aromatic hydroxyl groups is 2. The van der Waals surface area contributed by atoms with Gasteiger partial charge in [-0.2, -0.15) is 0 Å². The van der Waals surface area contributed by atoms with E-state index in [2.05, 4.69) is 0 Å². The Morgan fingerprint density at radius 1 is 0.793 bits per heavy atom. The first-order valence-electron chi connectivity index (χ1n) is 9.09. The maximum atomic E-state index is 12.5. The van der Waals surface area contributed by atoms with Gasteiger partial charge in [-0.25, -0.2) is 9.59 Å². The normalized spacial score (nSPS) is 18.1. The van der Waals surface area contributed by atoms with Crippen LogP contribution >= 0.6 is 0 Å². The van der Waals surface area contributed by atoms with Crippen molar-refractivity contribution in [2.24, 2.45) is 0 Å². The molecule has 1 saturated carbocycles. The van der Waals surface area contributed by atoms with Crippen molar-refractivity contribution in [2.45, 2.75) is 31.5 Å². The third-order valence-electron chi connectivity index (χ3n) is 4.74. The molecular formula is C21H22O8. The number of ether oxygens (including phenoxy) is 4. The molecule has 0 bridgehead atoms. The molecule has 0 radical (unpaired) electrons. The number of methoxy groups -OCH3 is 2. The Labute approximate surface area is 167 Å². The molecule has 0 saturated heterocycles. The van der Waals surface area contributed by atoms with Crippen LogP contribution in [0.15, 0.2) is 36.4 Å². The molecule has 8 nitrogen and oxygen atoms in total. The number of rotatable bonds is 6. The Morgan fingerprint density at radius 3 is 1.59 bits per heavy atom. The average Bonchev–Trinajstić information content (AvgIpc) is 3.15. The van der Waals surface area contributed by atoms with Crippen molar-refractivity contribution in [3.05, 3.63) is 47.5 Å². The van der Waals surface area contributed by atoms with E-state index in [0.29, 0.717) is 12.8 Å². The van der Waals surface area contributed by atoms with Crippen LogP contribution in [0, 0.1) is 0 Å². The van der Waals surface area contributed by atoms with E-state index < -0.39 is 24.1 Å². The molecule has 2 aromatic carbocycles. The summed E-state index contributed by atoms with van der Waals surface area (Å²) in [6.45, 7) is 0. The summed E-state index contributed by atoms with van der Waals surface area (Å²) >= 11 is 0. The lowest BCUT2D eigenvalue weighted by atomic mass is 10.2. The zero-order valence-electron chi connectivity index (χ0n) is 16.1. The van der Waals surface area contributed by atoms with E-state index >= 15 is 0 Å². The number of phenols is 2. The van der Waals surface area contributed by atoms with E-state index in [9.17, 15) is 19.8 Å². The summed E-state index contributed by atoms with van der Waals surface area (Å²) in [4.78, 5) is 24.9. The zero-order chi connectivity index (χ0) is 21.0. The number of carbonyl (C=O) groups is 2. The van der Waals surface area contributed by atoms with Gasteiger partial charge in [0, 0.05) is 0 Å². The average molecular weight is 402 g/mol. The predicted octanol–water partition coefficient (Wildman–Crippen LogP) is 3.05. The minimum Gasteiger partial charge on any atom is -0.504 e. The fourth-order valence-electron chi connectivity index (χ4n) is 3.18. The highest BCUT2D eigenvalue weighted by Gasteiger charge is 2.34. The fraction of sp³-hybridized carbons (Fsp3) is 0.333. The van der Waals surface area contributed by atoms with Gasteiger partial charge in [0.1, 0.15) is 12.2 Å². The molecule has 0 heterocycles. The van der Waals surface area contributed by atoms with E-state index in [1.54, 1.807) is 0 Å². The molecule has 1 fully saturated rings. The summed E-state index contributed by atoms with van der Waals surface area (Å²) < 4.78 is 21.1. The topological polar surface area (TPSA) is 112 Å². The number of hydrogen-bond acceptors (Lipinski definition) is 8. The van der Waals surface area contributed by atoms with Crippen LogP contribution in [-0.4, -0.2) is 48.6 Å². The largest absolute Gasteiger partial charge is 0.504 e. The van der Waals surface area contributed by atoms with Crippen LogP contribution in [0.2, 0.25) is 0 Å². The molecule has 154 valence electrons. The summed E-state index contributed by atoms with van der Waals surface area (Å²) in [6, 6.07) is 8.32. The SMILES string of the molecule is COc1cc(C(=O)O[C@@H]2CCC[C@H]2OC(=O)c2ccc(O)c(OC)c2)ccc1O. The van der Waals surface area contributed by atoms with E-state index in [0.717, 1.165) is 6.42 Å². The molecule has 2 N–H and O–H groups in total. The summed E-state index contributed by atoms with van der Waals surface area (Å²) in [5, 5.41) is 19.3. The first kappa shape index (κ1) is 20.3. The molecule has 8 heteroatoms. The molecule has 0 aliphatic heterocycles. The van der Waals surface area contributed by atoms with Crippen molar-refractivity contribution >= 4 is 11.9 Å². The van der Waals surface area contributed by atoms with Crippen molar-refractivity contribution in [1.29, 1.82) is 0 Å². The van der Waals surface area contributed by atoms with Gasteiger partial charge in [-0.1, -0.05) is 0 Å². The number of phenolic OH excluding ortho intramolecular Hbond substituents is 2. The molecule has 0 spiro atoms. The van der Waals surface area contributed by atoms with Crippen LogP contribution in [0.1, 0.15) is 40.0 Å². The van der Waals surface area contributed by atoms with E-state index in [-0.39, 0.29) is 34.1 Å². The fourth-order valence-corrected chi connectivity index (χ4v) is 3.18. The Kier molecular flexibility index (Phi) is 6.11. The molecule has 1 aliphatic carbocycles. The predicted molar refractivity (Wildman–Crippen MR) is 102 cm³/mol. The van der Waals surface area contributed by atoms with E-state index in [1.807, 2.05) is 0 Å². The lowest BCUT2D eigenvalue weighted by Gasteiger charge is -2.21. The monoisotopic (exact) mass is 402 g/mol. The number of hydrogen-bond donors (Lipinski definition) is 2. The number of carbonyl (C=O) groups excluding carboxylic acids is 2. The van der Waals surface area contributed by atoms with Gasteiger partial charge in [0.25, 0.3) is 0 Å². The molecule has 0 aromatic heterocycles. The van der Waals surface area contributed by atoms with Gasteiger partial charge in [0.15, 0.2) is 23.0 Å². The third kappa shape index (κ3) is 4.53. The van der Waals surface area contributed by atoms with Crippen LogP contribution in [0.25, 0.3) is 0 Å². The van der Waals surface area contributed by atoms with Crippen molar-refractivity contribution in [2.75, 3.05) is 14.2 Å². The van der Waals surface area contributed by atoms with Crippen LogP contribution in [0.3, 0.4) is 0 Å². The summed E-state index contributed by atoms with van der Waals surface area (Å²) in [5.41, 5.74) is 0.444. The highest BCUT2D eigenvalue weighted by molar-refractivity contribution is 5.91. The minimum atomic E-state index is -0.595. The standard InChI is InChI=1S/C21H22O8/c1-26-18-10-12(6-8-14(18)22)20(24)28-16-4-3-5-17(16)29-21(25)13-7-9-15(23)19(11-13)27-2/h6-11,16-17,22-23H,3-5H2,1-2H3/t16-,17-/m1/s1. The van der Waals surface area contributed by atoms with Gasteiger partial charge in [-0.3, -0.25) is 0 Å². The minimum absolute atomic E-state index is 0.0824. The molecular weight excluding hydrogens is 380 g/mol. The van der Waals surface area contributed by atoms with Crippen LogP contribution in [0.5, 0.6) is 23.0 Å². The van der Waals surface area contributed by atoms with Gasteiger partial charge in [-0.15, -0.1) is 0 Å². The maximum Gasteiger partial charge on any atom is 0.338 e. The summed E-state index contributed by atoms with van der Waals surface area (Å²) in [5.74, 6) is -1.03. The molecule has 3 rings (SSSR count). The zero-order valence-corrected chi connectivity index (χ0v) is 16.1. The van der Waals surface area contributed by atoms with Gasteiger partial charge in [0.05, 0.1) is 25.3 Å². The third-order valence-corrected chi connectivity index (χ3v) is 4.74.